The van der Waals surface area contributed by atoms with E-state index in [0.29, 0.717) is 25.9 Å². The van der Waals surface area contributed by atoms with Crippen LogP contribution in [0, 0.1) is 5.41 Å². The molecule has 0 spiro atoms. The number of hydrogen-bond donors (Lipinski definition) is 2. The normalized spacial score (nSPS) is 22.8. The van der Waals surface area contributed by atoms with Gasteiger partial charge in [0.25, 0.3) is 0 Å². The van der Waals surface area contributed by atoms with Crippen LogP contribution in [0.1, 0.15) is 47.5 Å². The Bertz CT molecular complexity index is 302. The van der Waals surface area contributed by atoms with Gasteiger partial charge in [-0.3, -0.25) is 0 Å². The first kappa shape index (κ1) is 16.2. The third-order valence-electron chi connectivity index (χ3n) is 4.01. The number of nitrogens with zero attached hydrogens (tertiary/aromatic N) is 1. The van der Waals surface area contributed by atoms with Gasteiger partial charge in [-0.15, -0.1) is 0 Å². The summed E-state index contributed by atoms with van der Waals surface area (Å²) in [6.45, 7) is 9.93. The van der Waals surface area contributed by atoms with Crippen LogP contribution in [0.4, 0.5) is 4.79 Å². The van der Waals surface area contributed by atoms with Crippen molar-refractivity contribution in [2.45, 2.75) is 65.3 Å². The summed E-state index contributed by atoms with van der Waals surface area (Å²) >= 11 is 0. The van der Waals surface area contributed by atoms with Crippen LogP contribution in [0.5, 0.6) is 0 Å². The molecule has 5 heteroatoms. The van der Waals surface area contributed by atoms with Crippen molar-refractivity contribution >= 4 is 6.09 Å². The lowest BCUT2D eigenvalue weighted by molar-refractivity contribution is -0.0899. The number of aliphatic hydroxyl groups is 2. The van der Waals surface area contributed by atoms with Crippen LogP contribution < -0.4 is 0 Å². The number of rotatable bonds is 2. The van der Waals surface area contributed by atoms with Crippen LogP contribution in [0.25, 0.3) is 0 Å². The molecule has 0 bridgehead atoms. The first-order valence-electron chi connectivity index (χ1n) is 6.92. The summed E-state index contributed by atoms with van der Waals surface area (Å²) in [5, 5.41) is 19.8. The molecule has 1 saturated heterocycles. The molecule has 0 aliphatic carbocycles. The molecule has 5 nitrogen and oxygen atoms in total. The van der Waals surface area contributed by atoms with Crippen molar-refractivity contribution in [3.05, 3.63) is 0 Å². The van der Waals surface area contributed by atoms with Crippen molar-refractivity contribution < 1.29 is 19.7 Å². The second kappa shape index (κ2) is 5.67. The van der Waals surface area contributed by atoms with Gasteiger partial charge >= 0.3 is 6.09 Å². The third-order valence-corrected chi connectivity index (χ3v) is 4.01. The molecule has 2 atom stereocenters. The van der Waals surface area contributed by atoms with Gasteiger partial charge in [-0.1, -0.05) is 0 Å². The van der Waals surface area contributed by atoms with Crippen molar-refractivity contribution in [3.8, 4) is 0 Å². The van der Waals surface area contributed by atoms with Crippen LogP contribution in [-0.4, -0.2) is 52.1 Å². The number of likely N-dealkylation sites (tertiary alicyclic amines) is 1. The predicted octanol–water partition coefficient (Wildman–Crippen LogP) is 1.77. The van der Waals surface area contributed by atoms with Gasteiger partial charge in [0.2, 0.25) is 0 Å². The SMILES string of the molecule is CC(O)C1(C(C)O)CCN(C(=O)OC(C)(C)C)CC1. The summed E-state index contributed by atoms with van der Waals surface area (Å²) in [6, 6.07) is 0. The van der Waals surface area contributed by atoms with E-state index in [1.165, 1.54) is 0 Å². The van der Waals surface area contributed by atoms with Gasteiger partial charge < -0.3 is 19.8 Å². The summed E-state index contributed by atoms with van der Waals surface area (Å²) in [5.74, 6) is 0. The Morgan fingerprint density at radius 1 is 1.16 bits per heavy atom. The highest BCUT2D eigenvalue weighted by molar-refractivity contribution is 5.68. The number of aliphatic hydroxyl groups excluding tert-OH is 2. The zero-order valence-electron chi connectivity index (χ0n) is 12.6. The lowest BCUT2D eigenvalue weighted by Crippen LogP contribution is -2.52. The quantitative estimate of drug-likeness (QED) is 0.804. The Kier molecular flexibility index (Phi) is 4.85. The minimum Gasteiger partial charge on any atom is -0.444 e. The number of amides is 1. The van der Waals surface area contributed by atoms with Crippen molar-refractivity contribution in [2.24, 2.45) is 5.41 Å². The number of carbonyl (C=O) groups is 1. The Morgan fingerprint density at radius 2 is 1.58 bits per heavy atom. The number of hydrogen-bond acceptors (Lipinski definition) is 4. The first-order valence-corrected chi connectivity index (χ1v) is 6.92. The van der Waals surface area contributed by atoms with Gasteiger partial charge in [0.05, 0.1) is 12.2 Å². The van der Waals surface area contributed by atoms with Gasteiger partial charge in [-0.05, 0) is 47.5 Å². The minimum absolute atomic E-state index is 0.322. The summed E-state index contributed by atoms with van der Waals surface area (Å²) in [4.78, 5) is 13.6. The largest absolute Gasteiger partial charge is 0.444 e. The van der Waals surface area contributed by atoms with Crippen molar-refractivity contribution in [2.75, 3.05) is 13.1 Å². The van der Waals surface area contributed by atoms with Crippen LogP contribution in [0.15, 0.2) is 0 Å². The summed E-state index contributed by atoms with van der Waals surface area (Å²) in [7, 11) is 0. The second-order valence-corrected chi connectivity index (χ2v) is 6.55. The van der Waals surface area contributed by atoms with E-state index in [1.807, 2.05) is 20.8 Å². The van der Waals surface area contributed by atoms with E-state index in [0.717, 1.165) is 0 Å². The molecular weight excluding hydrogens is 246 g/mol. The maximum absolute atomic E-state index is 11.9. The van der Waals surface area contributed by atoms with Gasteiger partial charge in [0.15, 0.2) is 0 Å². The highest BCUT2D eigenvalue weighted by Crippen LogP contribution is 2.38. The van der Waals surface area contributed by atoms with E-state index in [1.54, 1.807) is 18.7 Å². The maximum Gasteiger partial charge on any atom is 0.410 e. The lowest BCUT2D eigenvalue weighted by atomic mass is 9.70. The Morgan fingerprint density at radius 3 is 1.89 bits per heavy atom. The standard InChI is InChI=1S/C14H27NO4/c1-10(16)14(11(2)17)6-8-15(9-7-14)12(18)19-13(3,4)5/h10-11,16-17H,6-9H2,1-5H3. The van der Waals surface area contributed by atoms with Crippen LogP contribution in [0.3, 0.4) is 0 Å². The zero-order chi connectivity index (χ0) is 14.8. The Balaban J connectivity index is 2.64. The molecule has 19 heavy (non-hydrogen) atoms. The number of carbonyl (C=O) groups excluding carboxylic acids is 1. The molecule has 1 aliphatic heterocycles. The van der Waals surface area contributed by atoms with E-state index in [-0.39, 0.29) is 6.09 Å². The predicted molar refractivity (Wildman–Crippen MR) is 72.8 cm³/mol. The fourth-order valence-electron chi connectivity index (χ4n) is 2.62. The molecule has 0 aromatic rings. The summed E-state index contributed by atoms with van der Waals surface area (Å²) < 4.78 is 5.33. The highest BCUT2D eigenvalue weighted by Gasteiger charge is 2.44. The number of ether oxygens (including phenoxy) is 1. The van der Waals surface area contributed by atoms with Crippen LogP contribution >= 0.6 is 0 Å². The molecule has 1 rings (SSSR count). The van der Waals surface area contributed by atoms with E-state index in [4.69, 9.17) is 4.74 Å². The second-order valence-electron chi connectivity index (χ2n) is 6.55. The van der Waals surface area contributed by atoms with Gasteiger partial charge in [-0.2, -0.15) is 0 Å². The van der Waals surface area contributed by atoms with Crippen molar-refractivity contribution in [1.82, 2.24) is 4.90 Å². The smallest absolute Gasteiger partial charge is 0.410 e. The minimum atomic E-state index is -0.590. The average molecular weight is 273 g/mol. The molecule has 1 aliphatic rings. The molecule has 0 saturated carbocycles. The molecule has 1 heterocycles. The van der Waals surface area contributed by atoms with Crippen molar-refractivity contribution in [1.29, 1.82) is 0 Å². The van der Waals surface area contributed by atoms with E-state index >= 15 is 0 Å². The van der Waals surface area contributed by atoms with Gasteiger partial charge in [-0.25, -0.2) is 4.79 Å². The van der Waals surface area contributed by atoms with Crippen LogP contribution in [0.2, 0.25) is 0 Å². The average Bonchev–Trinajstić information content (AvgIpc) is 2.26. The van der Waals surface area contributed by atoms with Crippen LogP contribution in [-0.2, 0) is 4.74 Å². The van der Waals surface area contributed by atoms with Gasteiger partial charge in [0, 0.05) is 18.5 Å². The fourth-order valence-corrected chi connectivity index (χ4v) is 2.62. The maximum atomic E-state index is 11.9. The van der Waals surface area contributed by atoms with E-state index < -0.39 is 23.2 Å². The molecule has 112 valence electrons. The summed E-state index contributed by atoms with van der Waals surface area (Å²) in [6.07, 6.45) is -0.331. The molecule has 2 N–H and O–H groups in total. The molecule has 2 unspecified atom stereocenters. The molecule has 0 radical (unpaired) electrons. The molecule has 0 aromatic heterocycles. The fraction of sp³-hybridized carbons (Fsp3) is 0.929. The van der Waals surface area contributed by atoms with E-state index in [2.05, 4.69) is 0 Å². The molecule has 1 fully saturated rings. The first-order chi connectivity index (χ1) is 8.58. The molecule has 0 aromatic carbocycles. The van der Waals surface area contributed by atoms with Gasteiger partial charge in [0.1, 0.15) is 5.60 Å². The highest BCUT2D eigenvalue weighted by atomic mass is 16.6. The Labute approximate surface area is 115 Å². The monoisotopic (exact) mass is 273 g/mol. The molecule has 1 amide bonds. The number of piperidine rings is 1. The Hall–Kier alpha value is -0.810. The lowest BCUT2D eigenvalue weighted by Gasteiger charge is -2.45. The summed E-state index contributed by atoms with van der Waals surface area (Å²) in [5.41, 5.74) is -1.02. The zero-order valence-corrected chi connectivity index (χ0v) is 12.6. The van der Waals surface area contributed by atoms with Crippen molar-refractivity contribution in [3.63, 3.8) is 0 Å². The topological polar surface area (TPSA) is 70.0 Å². The van der Waals surface area contributed by atoms with E-state index in [9.17, 15) is 15.0 Å². The third kappa shape index (κ3) is 3.83. The molecular formula is C14H27NO4.